The molecular weight excluding hydrogens is 244 g/mol. The summed E-state index contributed by atoms with van der Waals surface area (Å²) in [5.41, 5.74) is 1.99. The molecular formula is C13H16N4O2. The number of nitrogens with zero attached hydrogens (tertiary/aromatic N) is 4. The Bertz CT molecular complexity index is 532. The highest BCUT2D eigenvalue weighted by Crippen LogP contribution is 2.28. The zero-order valence-corrected chi connectivity index (χ0v) is 10.9. The summed E-state index contributed by atoms with van der Waals surface area (Å²) in [7, 11) is 1.60. The van der Waals surface area contributed by atoms with E-state index in [-0.39, 0.29) is 12.0 Å². The van der Waals surface area contributed by atoms with Crippen LogP contribution in [0, 0.1) is 0 Å². The van der Waals surface area contributed by atoms with Crippen LogP contribution in [0.4, 0.5) is 0 Å². The number of β-amino-alcohol motifs (C(OH)–C–C–N with tert-alkyl or cyclic N) is 1. The largest absolute Gasteiger partial charge is 0.481 e. The van der Waals surface area contributed by atoms with Crippen molar-refractivity contribution in [1.29, 1.82) is 0 Å². The molecule has 100 valence electrons. The Balaban J connectivity index is 1.84. The van der Waals surface area contributed by atoms with E-state index in [1.54, 1.807) is 13.3 Å². The van der Waals surface area contributed by atoms with Gasteiger partial charge in [-0.3, -0.25) is 0 Å². The molecule has 19 heavy (non-hydrogen) atoms. The summed E-state index contributed by atoms with van der Waals surface area (Å²) in [6.45, 7) is 3.21. The van der Waals surface area contributed by atoms with Crippen molar-refractivity contribution in [2.24, 2.45) is 10.2 Å². The Morgan fingerprint density at radius 1 is 1.32 bits per heavy atom. The van der Waals surface area contributed by atoms with E-state index in [0.29, 0.717) is 19.0 Å². The van der Waals surface area contributed by atoms with Gasteiger partial charge in [0.05, 0.1) is 24.8 Å². The predicted octanol–water partition coefficient (Wildman–Crippen LogP) is 0.638. The van der Waals surface area contributed by atoms with Gasteiger partial charge in [0.2, 0.25) is 5.88 Å². The van der Waals surface area contributed by atoms with Crippen LogP contribution in [0.1, 0.15) is 18.4 Å². The topological polar surface area (TPSA) is 70.3 Å². The molecule has 2 aliphatic heterocycles. The fraction of sp³-hybridized carbons (Fsp3) is 0.462. The maximum Gasteiger partial charge on any atom is 0.212 e. The minimum absolute atomic E-state index is 0.0332. The van der Waals surface area contributed by atoms with Gasteiger partial charge in [0.15, 0.2) is 0 Å². The molecule has 6 nitrogen and oxygen atoms in total. The quantitative estimate of drug-likeness (QED) is 0.847. The number of aliphatic hydroxyl groups excluding tert-OH is 1. The first-order chi connectivity index (χ1) is 9.19. The minimum atomic E-state index is -0.252. The number of amidine groups is 1. The van der Waals surface area contributed by atoms with Crippen molar-refractivity contribution in [3.63, 3.8) is 0 Å². The maximum absolute atomic E-state index is 9.41. The van der Waals surface area contributed by atoms with Gasteiger partial charge in [-0.25, -0.2) is 4.98 Å². The van der Waals surface area contributed by atoms with Crippen LogP contribution in [0.15, 0.2) is 28.5 Å². The Labute approximate surface area is 111 Å². The van der Waals surface area contributed by atoms with Crippen molar-refractivity contribution >= 4 is 11.5 Å². The van der Waals surface area contributed by atoms with E-state index in [2.05, 4.69) is 20.1 Å². The van der Waals surface area contributed by atoms with Crippen molar-refractivity contribution in [3.05, 3.63) is 23.9 Å². The van der Waals surface area contributed by atoms with Gasteiger partial charge in [-0.15, -0.1) is 5.10 Å². The van der Waals surface area contributed by atoms with Crippen LogP contribution < -0.4 is 4.74 Å². The Hall–Kier alpha value is -1.95. The van der Waals surface area contributed by atoms with Crippen LogP contribution in [0.3, 0.4) is 0 Å². The van der Waals surface area contributed by atoms with E-state index < -0.39 is 0 Å². The molecule has 1 unspecified atom stereocenters. The van der Waals surface area contributed by atoms with Gasteiger partial charge in [-0.2, -0.15) is 5.10 Å². The summed E-state index contributed by atoms with van der Waals surface area (Å²) in [4.78, 5) is 6.28. The number of aromatic nitrogens is 1. The molecule has 6 heteroatoms. The number of likely N-dealkylation sites (tertiary alicyclic amines) is 1. The van der Waals surface area contributed by atoms with Gasteiger partial charge in [-0.1, -0.05) is 6.07 Å². The van der Waals surface area contributed by atoms with Gasteiger partial charge in [-0.05, 0) is 12.5 Å². The maximum atomic E-state index is 9.41. The van der Waals surface area contributed by atoms with E-state index in [9.17, 15) is 5.11 Å². The molecule has 1 atom stereocenters. The molecule has 1 saturated heterocycles. The summed E-state index contributed by atoms with van der Waals surface area (Å²) in [5.74, 6) is 1.52. The van der Waals surface area contributed by atoms with E-state index in [0.717, 1.165) is 17.1 Å². The van der Waals surface area contributed by atoms with Crippen molar-refractivity contribution in [3.8, 4) is 5.88 Å². The predicted molar refractivity (Wildman–Crippen MR) is 71.7 cm³/mol. The molecule has 0 amide bonds. The lowest BCUT2D eigenvalue weighted by molar-refractivity contribution is 0.0454. The van der Waals surface area contributed by atoms with E-state index in [1.165, 1.54) is 0 Å². The van der Waals surface area contributed by atoms with Gasteiger partial charge >= 0.3 is 0 Å². The number of pyridine rings is 1. The number of hydrogen-bond acceptors (Lipinski definition) is 6. The van der Waals surface area contributed by atoms with Crippen LogP contribution in [-0.2, 0) is 0 Å². The first-order valence-corrected chi connectivity index (χ1v) is 6.24. The fourth-order valence-electron chi connectivity index (χ4n) is 2.39. The number of aliphatic hydroxyl groups is 1. The molecule has 0 spiro atoms. The average molecular weight is 260 g/mol. The standard InChI is InChI=1S/C13H16N4O2/c1-8-12(9-3-4-11(19-2)14-5-9)13(16-15-8)17-6-10(18)7-17/h3-5,10,12,18H,6-7H2,1-2H3. The summed E-state index contributed by atoms with van der Waals surface area (Å²) < 4.78 is 5.06. The SMILES string of the molecule is COc1ccc(C2C(C)=NN=C2N2CC(O)C2)cn1. The van der Waals surface area contributed by atoms with Crippen LogP contribution in [0.5, 0.6) is 5.88 Å². The van der Waals surface area contributed by atoms with Crippen molar-refractivity contribution < 1.29 is 9.84 Å². The van der Waals surface area contributed by atoms with Crippen LogP contribution in [0.25, 0.3) is 0 Å². The highest BCUT2D eigenvalue weighted by Gasteiger charge is 2.36. The van der Waals surface area contributed by atoms with Crippen molar-refractivity contribution in [2.45, 2.75) is 18.9 Å². The second kappa shape index (κ2) is 4.62. The van der Waals surface area contributed by atoms with E-state index >= 15 is 0 Å². The van der Waals surface area contributed by atoms with Crippen LogP contribution in [-0.4, -0.2) is 52.8 Å². The normalized spacial score (nSPS) is 22.9. The average Bonchev–Trinajstić information content (AvgIpc) is 2.77. The molecule has 0 bridgehead atoms. The Morgan fingerprint density at radius 3 is 2.68 bits per heavy atom. The van der Waals surface area contributed by atoms with Crippen molar-refractivity contribution in [1.82, 2.24) is 9.88 Å². The van der Waals surface area contributed by atoms with Gasteiger partial charge in [0.1, 0.15) is 5.84 Å². The number of rotatable bonds is 2. The number of ether oxygens (including phenoxy) is 1. The van der Waals surface area contributed by atoms with Crippen LogP contribution in [0.2, 0.25) is 0 Å². The highest BCUT2D eigenvalue weighted by molar-refractivity contribution is 6.13. The molecule has 3 heterocycles. The summed E-state index contributed by atoms with van der Waals surface area (Å²) in [6, 6.07) is 3.82. The summed E-state index contributed by atoms with van der Waals surface area (Å²) in [5, 5.41) is 17.8. The fourth-order valence-corrected chi connectivity index (χ4v) is 2.39. The molecule has 0 saturated carbocycles. The van der Waals surface area contributed by atoms with Crippen molar-refractivity contribution in [2.75, 3.05) is 20.2 Å². The third-order valence-corrected chi connectivity index (χ3v) is 3.47. The third-order valence-electron chi connectivity index (χ3n) is 3.47. The molecule has 0 aliphatic carbocycles. The molecule has 1 N–H and O–H groups in total. The lowest BCUT2D eigenvalue weighted by atomic mass is 9.93. The summed E-state index contributed by atoms with van der Waals surface area (Å²) in [6.07, 6.45) is 1.54. The number of hydrogen-bond donors (Lipinski definition) is 1. The molecule has 1 fully saturated rings. The molecule has 1 aromatic heterocycles. The molecule has 3 rings (SSSR count). The Kier molecular flexibility index (Phi) is 2.94. The molecule has 1 aromatic rings. The monoisotopic (exact) mass is 260 g/mol. The first kappa shape index (κ1) is 12.1. The van der Waals surface area contributed by atoms with Gasteiger partial charge in [0.25, 0.3) is 0 Å². The molecule has 2 aliphatic rings. The van der Waals surface area contributed by atoms with E-state index in [1.807, 2.05) is 19.1 Å². The summed E-state index contributed by atoms with van der Waals surface area (Å²) >= 11 is 0. The second-order valence-corrected chi connectivity index (χ2v) is 4.83. The lowest BCUT2D eigenvalue weighted by Crippen LogP contribution is -2.54. The minimum Gasteiger partial charge on any atom is -0.481 e. The van der Waals surface area contributed by atoms with Crippen LogP contribution >= 0.6 is 0 Å². The van der Waals surface area contributed by atoms with Gasteiger partial charge < -0.3 is 14.7 Å². The lowest BCUT2D eigenvalue weighted by Gasteiger charge is -2.39. The smallest absolute Gasteiger partial charge is 0.212 e. The highest BCUT2D eigenvalue weighted by atomic mass is 16.5. The van der Waals surface area contributed by atoms with Gasteiger partial charge in [0, 0.05) is 25.4 Å². The molecule has 0 aromatic carbocycles. The second-order valence-electron chi connectivity index (χ2n) is 4.83. The molecule has 0 radical (unpaired) electrons. The number of methoxy groups -OCH3 is 1. The Morgan fingerprint density at radius 2 is 2.11 bits per heavy atom. The zero-order valence-electron chi connectivity index (χ0n) is 10.9. The third kappa shape index (κ3) is 2.08. The first-order valence-electron chi connectivity index (χ1n) is 6.24. The zero-order chi connectivity index (χ0) is 13.4. The van der Waals surface area contributed by atoms with E-state index in [4.69, 9.17) is 4.74 Å².